The number of amides is 1. The highest BCUT2D eigenvalue weighted by Crippen LogP contribution is 2.31. The van der Waals surface area contributed by atoms with Crippen molar-refractivity contribution in [1.29, 1.82) is 5.26 Å². The Morgan fingerprint density at radius 3 is 2.59 bits per heavy atom. The van der Waals surface area contributed by atoms with Crippen LogP contribution in [0.3, 0.4) is 0 Å². The number of methoxy groups -OCH3 is 1. The van der Waals surface area contributed by atoms with E-state index in [1.165, 1.54) is 13.2 Å². The van der Waals surface area contributed by atoms with E-state index in [0.29, 0.717) is 39.0 Å². The lowest BCUT2D eigenvalue weighted by atomic mass is 10.1. The van der Waals surface area contributed by atoms with Crippen molar-refractivity contribution in [2.24, 2.45) is 0 Å². The molecule has 2 aromatic rings. The molecule has 2 rings (SSSR count). The molecule has 152 valence electrons. The molecule has 0 aliphatic rings. The lowest BCUT2D eigenvalue weighted by Crippen LogP contribution is -2.14. The van der Waals surface area contributed by atoms with E-state index in [2.05, 4.69) is 10.3 Å². The molecule has 0 aliphatic heterocycles. The zero-order valence-corrected chi connectivity index (χ0v) is 17.7. The van der Waals surface area contributed by atoms with E-state index >= 15 is 0 Å². The summed E-state index contributed by atoms with van der Waals surface area (Å²) in [6.45, 7) is 7.22. The highest BCUT2D eigenvalue weighted by molar-refractivity contribution is 6.31. The van der Waals surface area contributed by atoms with Crippen LogP contribution in [0, 0.1) is 32.1 Å². The summed E-state index contributed by atoms with van der Waals surface area (Å²) in [6.07, 6.45) is 1.40. The number of benzene rings is 1. The number of ether oxygens (including phenoxy) is 2. The number of nitriles is 1. The molecule has 0 aliphatic carbocycles. The van der Waals surface area contributed by atoms with Crippen molar-refractivity contribution in [3.63, 3.8) is 0 Å². The van der Waals surface area contributed by atoms with Crippen LogP contribution in [0.4, 0.5) is 5.69 Å². The first kappa shape index (κ1) is 22.1. The minimum Gasteiger partial charge on any atom is -0.495 e. The average molecular weight is 416 g/mol. The van der Waals surface area contributed by atoms with Crippen LogP contribution in [0.2, 0.25) is 5.02 Å². The maximum atomic E-state index is 12.7. The monoisotopic (exact) mass is 415 g/mol. The number of aromatic amines is 1. The fourth-order valence-corrected chi connectivity index (χ4v) is 2.99. The van der Waals surface area contributed by atoms with Gasteiger partial charge in [-0.3, -0.25) is 4.79 Å². The number of carbonyl (C=O) groups is 2. The Labute approximate surface area is 174 Å². The lowest BCUT2D eigenvalue weighted by Gasteiger charge is -2.12. The first-order valence-corrected chi connectivity index (χ1v) is 9.24. The molecule has 0 radical (unpaired) electrons. The predicted octanol–water partition coefficient (Wildman–Crippen LogP) is 4.32. The van der Waals surface area contributed by atoms with Crippen LogP contribution in [-0.4, -0.2) is 30.6 Å². The quantitative estimate of drug-likeness (QED) is 0.415. The standard InChI is InChI=1S/C21H22ClN3O4/c1-6-29-21(27)19-12(3)16(24-13(19)4)8-14(10-23)20(26)25-17-7-11(2)15(22)9-18(17)28-5/h7-9,24H,6H2,1-5H3,(H,25,26)/b14-8+. The molecule has 0 spiro atoms. The molecule has 0 saturated heterocycles. The number of esters is 1. The van der Waals surface area contributed by atoms with Crippen LogP contribution in [0.25, 0.3) is 6.08 Å². The fourth-order valence-electron chi connectivity index (χ4n) is 2.84. The summed E-state index contributed by atoms with van der Waals surface area (Å²) < 4.78 is 10.3. The van der Waals surface area contributed by atoms with Gasteiger partial charge in [0.25, 0.3) is 5.91 Å². The second-order valence-corrected chi connectivity index (χ2v) is 6.72. The molecule has 1 aromatic carbocycles. The minimum atomic E-state index is -0.614. The third-order valence-corrected chi connectivity index (χ3v) is 4.75. The van der Waals surface area contributed by atoms with Crippen LogP contribution in [0.5, 0.6) is 5.75 Å². The third kappa shape index (κ3) is 4.79. The molecule has 0 unspecified atom stereocenters. The summed E-state index contributed by atoms with van der Waals surface area (Å²) in [5, 5.41) is 12.7. The Bertz CT molecular complexity index is 1030. The van der Waals surface area contributed by atoms with Crippen molar-refractivity contribution < 1.29 is 19.1 Å². The van der Waals surface area contributed by atoms with Gasteiger partial charge in [0.1, 0.15) is 17.4 Å². The van der Waals surface area contributed by atoms with Gasteiger partial charge in [-0.2, -0.15) is 5.26 Å². The Hall–Kier alpha value is -3.24. The zero-order chi connectivity index (χ0) is 21.7. The van der Waals surface area contributed by atoms with Crippen molar-refractivity contribution in [1.82, 2.24) is 4.98 Å². The number of aryl methyl sites for hydroxylation is 2. The SMILES string of the molecule is CCOC(=O)c1c(C)[nH]c(/C=C(\C#N)C(=O)Nc2cc(C)c(Cl)cc2OC)c1C. The van der Waals surface area contributed by atoms with E-state index in [0.717, 1.165) is 5.56 Å². The number of halogens is 1. The summed E-state index contributed by atoms with van der Waals surface area (Å²) in [6, 6.07) is 5.14. The number of anilines is 1. The van der Waals surface area contributed by atoms with Crippen LogP contribution in [-0.2, 0) is 9.53 Å². The molecule has 2 N–H and O–H groups in total. The summed E-state index contributed by atoms with van der Waals surface area (Å²) in [5.74, 6) is -0.692. The number of hydrogen-bond donors (Lipinski definition) is 2. The Morgan fingerprint density at radius 1 is 1.31 bits per heavy atom. The predicted molar refractivity (Wildman–Crippen MR) is 111 cm³/mol. The van der Waals surface area contributed by atoms with Gasteiger partial charge in [-0.1, -0.05) is 11.6 Å². The highest BCUT2D eigenvalue weighted by atomic mass is 35.5. The maximum Gasteiger partial charge on any atom is 0.340 e. The molecule has 8 heteroatoms. The van der Waals surface area contributed by atoms with E-state index in [9.17, 15) is 14.9 Å². The minimum absolute atomic E-state index is 0.139. The molecular weight excluding hydrogens is 394 g/mol. The summed E-state index contributed by atoms with van der Waals surface area (Å²) in [7, 11) is 1.46. The second-order valence-electron chi connectivity index (χ2n) is 6.31. The normalized spacial score (nSPS) is 11.0. The van der Waals surface area contributed by atoms with Crippen molar-refractivity contribution >= 4 is 35.2 Å². The van der Waals surface area contributed by atoms with E-state index < -0.39 is 11.9 Å². The van der Waals surface area contributed by atoms with Gasteiger partial charge in [0.05, 0.1) is 25.0 Å². The maximum absolute atomic E-state index is 12.7. The highest BCUT2D eigenvalue weighted by Gasteiger charge is 2.20. The van der Waals surface area contributed by atoms with Crippen molar-refractivity contribution in [2.45, 2.75) is 27.7 Å². The summed E-state index contributed by atoms with van der Waals surface area (Å²) >= 11 is 6.08. The number of nitrogens with zero attached hydrogens (tertiary/aromatic N) is 1. The zero-order valence-electron chi connectivity index (χ0n) is 16.9. The van der Waals surface area contributed by atoms with E-state index in [4.69, 9.17) is 21.1 Å². The van der Waals surface area contributed by atoms with Crippen molar-refractivity contribution in [2.75, 3.05) is 19.0 Å². The Balaban J connectivity index is 2.38. The second kappa shape index (κ2) is 9.30. The number of rotatable bonds is 6. The third-order valence-electron chi connectivity index (χ3n) is 4.34. The average Bonchev–Trinajstić information content (AvgIpc) is 2.95. The molecule has 29 heavy (non-hydrogen) atoms. The molecular formula is C21H22ClN3O4. The molecule has 0 saturated carbocycles. The molecule has 0 atom stereocenters. The Morgan fingerprint density at radius 2 is 2.00 bits per heavy atom. The van der Waals surface area contributed by atoms with Crippen LogP contribution < -0.4 is 10.1 Å². The molecule has 1 heterocycles. The number of aromatic nitrogens is 1. The van der Waals surface area contributed by atoms with E-state index in [1.54, 1.807) is 39.8 Å². The first-order chi connectivity index (χ1) is 13.7. The van der Waals surface area contributed by atoms with Gasteiger partial charge in [-0.15, -0.1) is 0 Å². The van der Waals surface area contributed by atoms with Gasteiger partial charge < -0.3 is 19.8 Å². The van der Waals surface area contributed by atoms with Gasteiger partial charge in [0.2, 0.25) is 0 Å². The number of carbonyl (C=O) groups excluding carboxylic acids is 2. The van der Waals surface area contributed by atoms with Gasteiger partial charge >= 0.3 is 5.97 Å². The number of hydrogen-bond acceptors (Lipinski definition) is 5. The Kier molecular flexibility index (Phi) is 7.08. The van der Waals surface area contributed by atoms with Gasteiger partial charge in [0.15, 0.2) is 0 Å². The molecule has 0 bridgehead atoms. The van der Waals surface area contributed by atoms with Crippen LogP contribution in [0.15, 0.2) is 17.7 Å². The molecule has 7 nitrogen and oxygen atoms in total. The van der Waals surface area contributed by atoms with E-state index in [1.807, 2.05) is 6.07 Å². The van der Waals surface area contributed by atoms with Crippen molar-refractivity contribution in [3.8, 4) is 11.8 Å². The van der Waals surface area contributed by atoms with Gasteiger partial charge in [-0.05, 0) is 51.0 Å². The topological polar surface area (TPSA) is 104 Å². The van der Waals surface area contributed by atoms with Crippen LogP contribution in [0.1, 0.15) is 39.8 Å². The fraction of sp³-hybridized carbons (Fsp3) is 0.286. The van der Waals surface area contributed by atoms with Gasteiger partial charge in [0, 0.05) is 22.5 Å². The number of H-pyrrole nitrogens is 1. The molecule has 0 fully saturated rings. The van der Waals surface area contributed by atoms with Crippen LogP contribution >= 0.6 is 11.6 Å². The van der Waals surface area contributed by atoms with Gasteiger partial charge in [-0.25, -0.2) is 4.79 Å². The summed E-state index contributed by atoms with van der Waals surface area (Å²) in [5.41, 5.74) is 3.08. The van der Waals surface area contributed by atoms with Crippen molar-refractivity contribution in [3.05, 3.63) is 50.8 Å². The summed E-state index contributed by atoms with van der Waals surface area (Å²) in [4.78, 5) is 27.8. The largest absolute Gasteiger partial charge is 0.495 e. The first-order valence-electron chi connectivity index (χ1n) is 8.87. The number of nitrogens with one attached hydrogen (secondary N) is 2. The molecule has 1 aromatic heterocycles. The molecule has 1 amide bonds. The lowest BCUT2D eigenvalue weighted by molar-refractivity contribution is -0.112. The smallest absolute Gasteiger partial charge is 0.340 e. The van der Waals surface area contributed by atoms with E-state index in [-0.39, 0.29) is 12.2 Å².